The average Bonchev–Trinajstić information content (AvgIpc) is 2.71. The molecule has 1 saturated heterocycles. The normalized spacial score (nSPS) is 15.6. The van der Waals surface area contributed by atoms with Crippen molar-refractivity contribution >= 4 is 11.9 Å². The average molecular weight is 420 g/mol. The third-order valence-electron chi connectivity index (χ3n) is 4.98. The standard InChI is InChI=1S/C22H34FN5O2/c1-16(2)13-24-22(25-14-21(29)27(3)4)26-18-8-10-28(11-9-18)15-17-6-7-20(30-5)19(23)12-17/h6-7,12,18H,1,8-11,13-15H2,2-5H3,(H2,24,25,26). The predicted octanol–water partition coefficient (Wildman–Crippen LogP) is 2.00. The molecule has 0 aliphatic carbocycles. The summed E-state index contributed by atoms with van der Waals surface area (Å²) in [6.07, 6.45) is 1.88. The van der Waals surface area contributed by atoms with Gasteiger partial charge in [-0.2, -0.15) is 0 Å². The van der Waals surface area contributed by atoms with E-state index in [-0.39, 0.29) is 30.1 Å². The molecule has 0 unspecified atom stereocenters. The number of rotatable bonds is 8. The van der Waals surface area contributed by atoms with Crippen LogP contribution in [0.15, 0.2) is 35.3 Å². The quantitative estimate of drug-likeness (QED) is 0.383. The Morgan fingerprint density at radius 1 is 1.37 bits per heavy atom. The number of carbonyl (C=O) groups excluding carboxylic acids is 1. The molecule has 8 heteroatoms. The van der Waals surface area contributed by atoms with E-state index < -0.39 is 0 Å². The van der Waals surface area contributed by atoms with Crippen LogP contribution in [0.1, 0.15) is 25.3 Å². The molecule has 0 atom stereocenters. The minimum Gasteiger partial charge on any atom is -0.494 e. The Hall–Kier alpha value is -2.61. The summed E-state index contributed by atoms with van der Waals surface area (Å²) in [4.78, 5) is 20.1. The van der Waals surface area contributed by atoms with Gasteiger partial charge in [-0.05, 0) is 37.5 Å². The number of piperidine rings is 1. The molecule has 0 aromatic heterocycles. The zero-order valence-corrected chi connectivity index (χ0v) is 18.5. The second-order valence-electron chi connectivity index (χ2n) is 7.93. The SMILES string of the molecule is C=C(C)CNC(=NCC(=O)N(C)C)NC1CCN(Cc2ccc(OC)c(F)c2)CC1. The minimum atomic E-state index is -0.330. The fourth-order valence-corrected chi connectivity index (χ4v) is 3.17. The van der Waals surface area contributed by atoms with Crippen LogP contribution < -0.4 is 15.4 Å². The maximum atomic E-state index is 13.9. The zero-order chi connectivity index (χ0) is 22.1. The van der Waals surface area contributed by atoms with Crippen molar-refractivity contribution in [1.29, 1.82) is 0 Å². The van der Waals surface area contributed by atoms with Crippen LogP contribution >= 0.6 is 0 Å². The van der Waals surface area contributed by atoms with Gasteiger partial charge in [-0.15, -0.1) is 0 Å². The molecule has 0 radical (unpaired) electrons. The molecule has 0 bridgehead atoms. The fourth-order valence-electron chi connectivity index (χ4n) is 3.17. The highest BCUT2D eigenvalue weighted by molar-refractivity contribution is 5.85. The molecule has 1 amide bonds. The molecule has 166 valence electrons. The Labute approximate surface area is 179 Å². The Balaban J connectivity index is 1.88. The highest BCUT2D eigenvalue weighted by atomic mass is 19.1. The highest BCUT2D eigenvalue weighted by Gasteiger charge is 2.20. The van der Waals surface area contributed by atoms with Gasteiger partial charge in [0.15, 0.2) is 17.5 Å². The van der Waals surface area contributed by atoms with Crippen LogP contribution in [0.5, 0.6) is 5.75 Å². The summed E-state index contributed by atoms with van der Waals surface area (Å²) in [6.45, 7) is 9.05. The Morgan fingerprint density at radius 3 is 2.63 bits per heavy atom. The number of carbonyl (C=O) groups is 1. The molecule has 2 rings (SSSR count). The highest BCUT2D eigenvalue weighted by Crippen LogP contribution is 2.20. The van der Waals surface area contributed by atoms with Crippen LogP contribution in [0.2, 0.25) is 0 Å². The first-order chi connectivity index (χ1) is 14.3. The number of guanidine groups is 1. The van der Waals surface area contributed by atoms with Gasteiger partial charge in [-0.1, -0.05) is 18.2 Å². The van der Waals surface area contributed by atoms with Crippen molar-refractivity contribution in [1.82, 2.24) is 20.4 Å². The Kier molecular flexibility index (Phi) is 9.11. The number of halogens is 1. The lowest BCUT2D eigenvalue weighted by atomic mass is 10.0. The van der Waals surface area contributed by atoms with Crippen LogP contribution in [0.3, 0.4) is 0 Å². The van der Waals surface area contributed by atoms with Gasteiger partial charge in [0, 0.05) is 46.3 Å². The summed E-state index contributed by atoms with van der Waals surface area (Å²) >= 11 is 0. The van der Waals surface area contributed by atoms with E-state index >= 15 is 0 Å². The van der Waals surface area contributed by atoms with Gasteiger partial charge in [0.05, 0.1) is 7.11 Å². The van der Waals surface area contributed by atoms with Gasteiger partial charge in [-0.25, -0.2) is 9.38 Å². The molecule has 1 heterocycles. The van der Waals surface area contributed by atoms with Crippen LogP contribution in [0, 0.1) is 5.82 Å². The van der Waals surface area contributed by atoms with Gasteiger partial charge in [0.1, 0.15) is 6.54 Å². The van der Waals surface area contributed by atoms with Crippen molar-refractivity contribution in [2.75, 3.05) is 47.4 Å². The number of ether oxygens (including phenoxy) is 1. The van der Waals surface area contributed by atoms with E-state index in [1.807, 2.05) is 13.0 Å². The van der Waals surface area contributed by atoms with Gasteiger partial charge in [0.25, 0.3) is 0 Å². The van der Waals surface area contributed by atoms with E-state index in [4.69, 9.17) is 4.74 Å². The summed E-state index contributed by atoms with van der Waals surface area (Å²) < 4.78 is 18.9. The summed E-state index contributed by atoms with van der Waals surface area (Å²) in [7, 11) is 4.91. The first-order valence-corrected chi connectivity index (χ1v) is 10.2. The van der Waals surface area contributed by atoms with Crippen molar-refractivity contribution in [2.24, 2.45) is 4.99 Å². The van der Waals surface area contributed by atoms with Crippen molar-refractivity contribution < 1.29 is 13.9 Å². The van der Waals surface area contributed by atoms with Gasteiger partial charge >= 0.3 is 0 Å². The summed E-state index contributed by atoms with van der Waals surface area (Å²) in [5.74, 6) is 0.517. The minimum absolute atomic E-state index is 0.0482. The first kappa shape index (κ1) is 23.7. The molecule has 7 nitrogen and oxygen atoms in total. The van der Waals surface area contributed by atoms with E-state index in [9.17, 15) is 9.18 Å². The number of amides is 1. The van der Waals surface area contributed by atoms with Crippen molar-refractivity contribution in [2.45, 2.75) is 32.4 Å². The third kappa shape index (κ3) is 7.67. The zero-order valence-electron chi connectivity index (χ0n) is 18.5. The van der Waals surface area contributed by atoms with Crippen molar-refractivity contribution in [3.05, 3.63) is 41.7 Å². The molecule has 1 aliphatic heterocycles. The predicted molar refractivity (Wildman–Crippen MR) is 118 cm³/mol. The fraction of sp³-hybridized carbons (Fsp3) is 0.545. The van der Waals surface area contributed by atoms with Crippen molar-refractivity contribution in [3.63, 3.8) is 0 Å². The number of nitrogens with one attached hydrogen (secondary N) is 2. The van der Waals surface area contributed by atoms with Gasteiger partial charge in [-0.3, -0.25) is 9.69 Å². The van der Waals surface area contributed by atoms with Crippen molar-refractivity contribution in [3.8, 4) is 5.75 Å². The number of likely N-dealkylation sites (N-methyl/N-ethyl adjacent to an activating group) is 1. The Morgan fingerprint density at radius 2 is 2.07 bits per heavy atom. The van der Waals surface area contributed by atoms with E-state index in [0.717, 1.165) is 37.1 Å². The number of nitrogens with zero attached hydrogens (tertiary/aromatic N) is 3. The van der Waals surface area contributed by atoms with E-state index in [1.165, 1.54) is 18.1 Å². The monoisotopic (exact) mass is 419 g/mol. The second-order valence-corrected chi connectivity index (χ2v) is 7.93. The van der Waals surface area contributed by atoms with Gasteiger partial charge in [0.2, 0.25) is 5.91 Å². The number of hydrogen-bond acceptors (Lipinski definition) is 4. The number of benzene rings is 1. The lowest BCUT2D eigenvalue weighted by molar-refractivity contribution is -0.127. The van der Waals surface area contributed by atoms with Crippen LogP contribution in [0.4, 0.5) is 4.39 Å². The lowest BCUT2D eigenvalue weighted by Gasteiger charge is -2.33. The second kappa shape index (κ2) is 11.5. The van der Waals surface area contributed by atoms with Crippen LogP contribution in [-0.2, 0) is 11.3 Å². The number of methoxy groups -OCH3 is 1. The summed E-state index contributed by atoms with van der Waals surface area (Å²) in [5, 5.41) is 6.67. The molecule has 1 aromatic rings. The first-order valence-electron chi connectivity index (χ1n) is 10.2. The van der Waals surface area contributed by atoms with E-state index in [2.05, 4.69) is 27.1 Å². The number of aliphatic imine (C=N–C) groups is 1. The van der Waals surface area contributed by atoms with Crippen LogP contribution in [0.25, 0.3) is 0 Å². The molecule has 1 aromatic carbocycles. The van der Waals surface area contributed by atoms with Crippen LogP contribution in [-0.4, -0.2) is 75.1 Å². The maximum Gasteiger partial charge on any atom is 0.243 e. The maximum absolute atomic E-state index is 13.9. The molecule has 1 aliphatic rings. The number of hydrogen-bond donors (Lipinski definition) is 2. The summed E-state index contributed by atoms with van der Waals surface area (Å²) in [5.41, 5.74) is 1.93. The molecule has 2 N–H and O–H groups in total. The molecule has 1 fully saturated rings. The summed E-state index contributed by atoms with van der Waals surface area (Å²) in [6, 6.07) is 5.38. The largest absolute Gasteiger partial charge is 0.494 e. The smallest absolute Gasteiger partial charge is 0.243 e. The molecular weight excluding hydrogens is 385 g/mol. The molecular formula is C22H34FN5O2. The Bertz CT molecular complexity index is 758. The van der Waals surface area contributed by atoms with E-state index in [0.29, 0.717) is 19.0 Å². The van der Waals surface area contributed by atoms with Gasteiger partial charge < -0.3 is 20.3 Å². The van der Waals surface area contributed by atoms with E-state index in [1.54, 1.807) is 20.2 Å². The molecule has 0 saturated carbocycles. The topological polar surface area (TPSA) is 69.2 Å². The lowest BCUT2D eigenvalue weighted by Crippen LogP contribution is -2.49. The molecule has 30 heavy (non-hydrogen) atoms. The number of likely N-dealkylation sites (tertiary alicyclic amines) is 1. The third-order valence-corrected chi connectivity index (χ3v) is 4.98. The molecule has 0 spiro atoms.